The highest BCUT2D eigenvalue weighted by Gasteiger charge is 2.37. The van der Waals surface area contributed by atoms with Crippen molar-refractivity contribution in [2.45, 2.75) is 32.0 Å². The summed E-state index contributed by atoms with van der Waals surface area (Å²) in [5.74, 6) is 0.341. The minimum atomic E-state index is 0.0231. The minimum Gasteiger partial charge on any atom is -0.380 e. The monoisotopic (exact) mass is 170 g/mol. The van der Waals surface area contributed by atoms with Crippen molar-refractivity contribution in [1.82, 2.24) is 0 Å². The SMILES string of the molecule is CC1CC(=O)C2COCCC2O1. The van der Waals surface area contributed by atoms with Gasteiger partial charge in [0.05, 0.1) is 24.7 Å². The first-order valence-electron chi connectivity index (χ1n) is 4.53. The van der Waals surface area contributed by atoms with E-state index in [-0.39, 0.29) is 18.1 Å². The van der Waals surface area contributed by atoms with Crippen molar-refractivity contribution in [2.75, 3.05) is 13.2 Å². The fourth-order valence-corrected chi connectivity index (χ4v) is 1.96. The molecule has 68 valence electrons. The second-order valence-electron chi connectivity index (χ2n) is 3.63. The Morgan fingerprint density at radius 2 is 2.33 bits per heavy atom. The molecule has 0 N–H and O–H groups in total. The van der Waals surface area contributed by atoms with E-state index in [0.717, 1.165) is 13.0 Å². The first kappa shape index (κ1) is 8.20. The Labute approximate surface area is 72.0 Å². The summed E-state index contributed by atoms with van der Waals surface area (Å²) in [6, 6.07) is 0. The molecule has 3 unspecified atom stereocenters. The molecular weight excluding hydrogens is 156 g/mol. The molecule has 0 aromatic heterocycles. The fourth-order valence-electron chi connectivity index (χ4n) is 1.96. The largest absolute Gasteiger partial charge is 0.380 e. The molecule has 2 heterocycles. The van der Waals surface area contributed by atoms with Crippen LogP contribution in [0, 0.1) is 5.92 Å². The molecule has 0 radical (unpaired) electrons. The molecule has 0 aliphatic carbocycles. The van der Waals surface area contributed by atoms with Crippen LogP contribution in [0.15, 0.2) is 0 Å². The molecule has 0 aromatic carbocycles. The summed E-state index contributed by atoms with van der Waals surface area (Å²) >= 11 is 0. The number of ether oxygens (including phenoxy) is 2. The van der Waals surface area contributed by atoms with Gasteiger partial charge in [-0.3, -0.25) is 4.79 Å². The van der Waals surface area contributed by atoms with Crippen molar-refractivity contribution in [3.8, 4) is 0 Å². The highest BCUT2D eigenvalue weighted by molar-refractivity contribution is 5.82. The molecular formula is C9H14O3. The molecule has 3 heteroatoms. The number of Topliss-reactive ketones (excluding diaryl/α,β-unsaturated/α-hetero) is 1. The average Bonchev–Trinajstić information content (AvgIpc) is 2.04. The lowest BCUT2D eigenvalue weighted by atomic mass is 9.88. The lowest BCUT2D eigenvalue weighted by molar-refractivity contribution is -0.160. The Morgan fingerprint density at radius 3 is 3.17 bits per heavy atom. The van der Waals surface area contributed by atoms with Gasteiger partial charge in [0.15, 0.2) is 0 Å². The molecule has 0 spiro atoms. The smallest absolute Gasteiger partial charge is 0.143 e. The van der Waals surface area contributed by atoms with E-state index in [9.17, 15) is 4.79 Å². The number of rotatable bonds is 0. The highest BCUT2D eigenvalue weighted by atomic mass is 16.5. The van der Waals surface area contributed by atoms with Crippen LogP contribution in [0.5, 0.6) is 0 Å². The van der Waals surface area contributed by atoms with Crippen LogP contribution in [-0.2, 0) is 14.3 Å². The third kappa shape index (κ3) is 1.39. The van der Waals surface area contributed by atoms with Gasteiger partial charge in [0.2, 0.25) is 0 Å². The van der Waals surface area contributed by atoms with Crippen molar-refractivity contribution >= 4 is 5.78 Å². The zero-order valence-electron chi connectivity index (χ0n) is 7.29. The summed E-state index contributed by atoms with van der Waals surface area (Å²) in [5, 5.41) is 0. The number of fused-ring (bicyclic) bond motifs is 1. The molecule has 0 amide bonds. The number of ketones is 1. The number of hydrogen-bond acceptors (Lipinski definition) is 3. The van der Waals surface area contributed by atoms with Gasteiger partial charge < -0.3 is 9.47 Å². The van der Waals surface area contributed by atoms with Crippen molar-refractivity contribution in [2.24, 2.45) is 5.92 Å². The summed E-state index contributed by atoms with van der Waals surface area (Å²) in [6.07, 6.45) is 1.68. The van der Waals surface area contributed by atoms with Gasteiger partial charge in [-0.25, -0.2) is 0 Å². The van der Waals surface area contributed by atoms with E-state index in [1.54, 1.807) is 0 Å². The first-order valence-corrected chi connectivity index (χ1v) is 4.53. The Bertz CT molecular complexity index is 190. The zero-order chi connectivity index (χ0) is 8.55. The lowest BCUT2D eigenvalue weighted by Gasteiger charge is -2.36. The van der Waals surface area contributed by atoms with Gasteiger partial charge in [-0.2, -0.15) is 0 Å². The van der Waals surface area contributed by atoms with Crippen molar-refractivity contribution in [3.63, 3.8) is 0 Å². The molecule has 2 fully saturated rings. The van der Waals surface area contributed by atoms with E-state index in [1.165, 1.54) is 0 Å². The van der Waals surface area contributed by atoms with Crippen molar-refractivity contribution in [3.05, 3.63) is 0 Å². The quantitative estimate of drug-likeness (QED) is 0.538. The second-order valence-corrected chi connectivity index (χ2v) is 3.63. The first-order chi connectivity index (χ1) is 5.77. The summed E-state index contributed by atoms with van der Waals surface area (Å²) in [7, 11) is 0. The third-order valence-corrected chi connectivity index (χ3v) is 2.60. The van der Waals surface area contributed by atoms with Crippen molar-refractivity contribution in [1.29, 1.82) is 0 Å². The van der Waals surface area contributed by atoms with E-state index in [1.807, 2.05) is 6.92 Å². The van der Waals surface area contributed by atoms with Crippen LogP contribution in [-0.4, -0.2) is 31.2 Å². The van der Waals surface area contributed by atoms with Crippen LogP contribution in [0.3, 0.4) is 0 Å². The van der Waals surface area contributed by atoms with E-state index in [0.29, 0.717) is 18.8 Å². The molecule has 2 aliphatic rings. The molecule has 2 aliphatic heterocycles. The maximum absolute atomic E-state index is 11.5. The Balaban J connectivity index is 2.06. The third-order valence-electron chi connectivity index (χ3n) is 2.60. The van der Waals surface area contributed by atoms with E-state index in [2.05, 4.69) is 0 Å². The van der Waals surface area contributed by atoms with Gasteiger partial charge in [-0.1, -0.05) is 0 Å². The molecule has 12 heavy (non-hydrogen) atoms. The molecule has 2 rings (SSSR count). The topological polar surface area (TPSA) is 35.5 Å². The maximum Gasteiger partial charge on any atom is 0.143 e. The number of carbonyl (C=O) groups excluding carboxylic acids is 1. The van der Waals surface area contributed by atoms with Gasteiger partial charge in [0.25, 0.3) is 0 Å². The van der Waals surface area contributed by atoms with Gasteiger partial charge in [0.1, 0.15) is 5.78 Å². The predicted molar refractivity (Wildman–Crippen MR) is 42.9 cm³/mol. The minimum absolute atomic E-state index is 0.0231. The van der Waals surface area contributed by atoms with E-state index >= 15 is 0 Å². The summed E-state index contributed by atoms with van der Waals surface area (Å²) in [6.45, 7) is 3.26. The Morgan fingerprint density at radius 1 is 1.50 bits per heavy atom. The standard InChI is InChI=1S/C9H14O3/c1-6-4-8(10)7-5-11-3-2-9(7)12-6/h6-7,9H,2-5H2,1H3. The Hall–Kier alpha value is -0.410. The Kier molecular flexibility index (Phi) is 2.15. The van der Waals surface area contributed by atoms with E-state index in [4.69, 9.17) is 9.47 Å². The van der Waals surface area contributed by atoms with E-state index < -0.39 is 0 Å². The summed E-state index contributed by atoms with van der Waals surface area (Å²) < 4.78 is 10.9. The number of hydrogen-bond donors (Lipinski definition) is 0. The zero-order valence-corrected chi connectivity index (χ0v) is 7.29. The average molecular weight is 170 g/mol. The van der Waals surface area contributed by atoms with Gasteiger partial charge in [-0.05, 0) is 13.3 Å². The molecule has 0 aromatic rings. The summed E-state index contributed by atoms with van der Waals surface area (Å²) in [5.41, 5.74) is 0. The lowest BCUT2D eigenvalue weighted by Crippen LogP contribution is -2.46. The van der Waals surface area contributed by atoms with Crippen LogP contribution in [0.1, 0.15) is 19.8 Å². The van der Waals surface area contributed by atoms with Crippen LogP contribution < -0.4 is 0 Å². The summed E-state index contributed by atoms with van der Waals surface area (Å²) in [4.78, 5) is 11.5. The normalized spacial score (nSPS) is 42.4. The predicted octanol–water partition coefficient (Wildman–Crippen LogP) is 0.769. The highest BCUT2D eigenvalue weighted by Crippen LogP contribution is 2.27. The van der Waals surface area contributed by atoms with Crippen LogP contribution >= 0.6 is 0 Å². The molecule has 0 saturated carbocycles. The van der Waals surface area contributed by atoms with Gasteiger partial charge >= 0.3 is 0 Å². The molecule has 2 saturated heterocycles. The molecule has 3 nitrogen and oxygen atoms in total. The number of carbonyl (C=O) groups is 1. The van der Waals surface area contributed by atoms with Gasteiger partial charge in [-0.15, -0.1) is 0 Å². The maximum atomic E-state index is 11.5. The van der Waals surface area contributed by atoms with Crippen LogP contribution in [0.25, 0.3) is 0 Å². The fraction of sp³-hybridized carbons (Fsp3) is 0.889. The molecule has 0 bridgehead atoms. The van der Waals surface area contributed by atoms with Crippen LogP contribution in [0.2, 0.25) is 0 Å². The second kappa shape index (κ2) is 3.15. The molecule has 3 atom stereocenters. The van der Waals surface area contributed by atoms with Gasteiger partial charge in [0, 0.05) is 13.0 Å². The van der Waals surface area contributed by atoms with Crippen LogP contribution in [0.4, 0.5) is 0 Å². The van der Waals surface area contributed by atoms with Crippen molar-refractivity contribution < 1.29 is 14.3 Å².